The first-order valence-electron chi connectivity index (χ1n) is 18.1. The molecule has 6 rings (SSSR count). The number of sulfone groups is 2. The van der Waals surface area contributed by atoms with Gasteiger partial charge in [0.25, 0.3) is 19.7 Å². The minimum atomic E-state index is -5.45. The van der Waals surface area contributed by atoms with Gasteiger partial charge in [0.15, 0.2) is 0 Å². The van der Waals surface area contributed by atoms with Gasteiger partial charge < -0.3 is 10.0 Å². The summed E-state index contributed by atoms with van der Waals surface area (Å²) in [5, 5.41) is 9.18. The summed E-state index contributed by atoms with van der Waals surface area (Å²) < 4.78 is 125. The maximum absolute atomic E-state index is 12.9. The maximum atomic E-state index is 12.9. The molecule has 0 bridgehead atoms. The predicted octanol–water partition coefficient (Wildman–Crippen LogP) is 11.8. The lowest BCUT2D eigenvalue weighted by Gasteiger charge is -2.26. The molecule has 0 saturated heterocycles. The topological polar surface area (TPSA) is 91.8 Å². The number of hydrogen-bond acceptors (Lipinski definition) is 6. The number of nitrogens with zero attached hydrogens (tertiary/aromatic N) is 1. The molecule has 0 aliphatic carbocycles. The average Bonchev–Trinajstić information content (AvgIpc) is 3.23. The van der Waals surface area contributed by atoms with Crippen LogP contribution in [-0.2, 0) is 26.1 Å². The molecule has 0 fully saturated rings. The minimum absolute atomic E-state index is 0.0813. The van der Waals surface area contributed by atoms with Gasteiger partial charge in [-0.2, -0.15) is 26.3 Å². The van der Waals surface area contributed by atoms with Gasteiger partial charge in [0.2, 0.25) is 0 Å². The van der Waals surface area contributed by atoms with Crippen LogP contribution in [0, 0.1) is 0 Å². The summed E-state index contributed by atoms with van der Waals surface area (Å²) in [6.07, 6.45) is 11.4. The number of halogens is 6. The van der Waals surface area contributed by atoms with Crippen molar-refractivity contribution in [3.05, 3.63) is 185 Å². The predicted molar refractivity (Wildman–Crippen MR) is 225 cm³/mol. The standard InChI is InChI=1S/C46H35F6NO5S2/c47-45(48,49)59(55,56)43-27-17-37(18-28-43)5-3-35-13-23-41(24-14-35)53(40-21-11-34(12-22-40)2-1-33-7-9-39(10-8-33)31-32-54)42-25-15-36(16-26-42)4-6-38-19-29-44(30-20-38)60(57,58)46(50,51)52/h1-30,54H,31-32H2/b2-1+,5-3+,6-4+. The summed E-state index contributed by atoms with van der Waals surface area (Å²) in [6.45, 7) is 0.0813. The summed E-state index contributed by atoms with van der Waals surface area (Å²) in [6, 6.07) is 39.6. The van der Waals surface area contributed by atoms with Crippen molar-refractivity contribution in [2.24, 2.45) is 0 Å². The van der Waals surface area contributed by atoms with Crippen molar-refractivity contribution < 1.29 is 48.3 Å². The van der Waals surface area contributed by atoms with Crippen LogP contribution in [0.4, 0.5) is 43.4 Å². The molecule has 0 saturated carbocycles. The van der Waals surface area contributed by atoms with E-state index in [0.717, 1.165) is 69.1 Å². The molecule has 0 atom stereocenters. The third kappa shape index (κ3) is 10.3. The number of aliphatic hydroxyl groups is 1. The van der Waals surface area contributed by atoms with Crippen molar-refractivity contribution in [3.63, 3.8) is 0 Å². The van der Waals surface area contributed by atoms with Gasteiger partial charge in [-0.3, -0.25) is 0 Å². The molecule has 0 aliphatic rings. The lowest BCUT2D eigenvalue weighted by Crippen LogP contribution is -2.23. The SMILES string of the molecule is O=S(=O)(c1ccc(/C=C/c2ccc(N(c3ccc(/C=C/c4ccc(CCO)cc4)cc3)c3ccc(/C=C/c4ccc(S(=O)(=O)C(F)(F)F)cc4)cc3)cc2)cc1)C(F)(F)F. The molecule has 1 N–H and O–H groups in total. The van der Waals surface area contributed by atoms with Crippen molar-refractivity contribution in [2.75, 3.05) is 11.5 Å². The molecule has 0 heterocycles. The molecular weight excluding hydrogens is 825 g/mol. The van der Waals surface area contributed by atoms with Crippen molar-refractivity contribution in [2.45, 2.75) is 27.2 Å². The number of aliphatic hydroxyl groups excluding tert-OH is 1. The van der Waals surface area contributed by atoms with E-state index in [1.807, 2.05) is 114 Å². The van der Waals surface area contributed by atoms with E-state index in [1.165, 1.54) is 24.3 Å². The van der Waals surface area contributed by atoms with Crippen LogP contribution >= 0.6 is 0 Å². The smallest absolute Gasteiger partial charge is 0.396 e. The highest BCUT2D eigenvalue weighted by molar-refractivity contribution is 7.92. The van der Waals surface area contributed by atoms with E-state index < -0.39 is 40.5 Å². The maximum Gasteiger partial charge on any atom is 0.501 e. The van der Waals surface area contributed by atoms with Gasteiger partial charge >= 0.3 is 11.0 Å². The average molecular weight is 860 g/mol. The van der Waals surface area contributed by atoms with Gasteiger partial charge in [0.1, 0.15) is 0 Å². The highest BCUT2D eigenvalue weighted by atomic mass is 32.2. The van der Waals surface area contributed by atoms with Crippen LogP contribution in [0.1, 0.15) is 38.9 Å². The van der Waals surface area contributed by atoms with E-state index in [4.69, 9.17) is 0 Å². The second-order valence-electron chi connectivity index (χ2n) is 13.4. The summed E-state index contributed by atoms with van der Waals surface area (Å²) in [5.41, 5.74) is -2.87. The first kappa shape index (κ1) is 43.4. The van der Waals surface area contributed by atoms with Gasteiger partial charge in [0, 0.05) is 23.7 Å². The number of hydrogen-bond donors (Lipinski definition) is 1. The molecule has 0 aromatic heterocycles. The second kappa shape index (κ2) is 18.0. The van der Waals surface area contributed by atoms with Crippen molar-refractivity contribution >= 4 is 73.2 Å². The molecule has 0 aliphatic heterocycles. The van der Waals surface area contributed by atoms with Crippen LogP contribution < -0.4 is 4.90 Å². The Hall–Kier alpha value is -6.22. The highest BCUT2D eigenvalue weighted by Gasteiger charge is 2.47. The van der Waals surface area contributed by atoms with Gasteiger partial charge in [-0.05, 0) is 106 Å². The fraction of sp³-hybridized carbons (Fsp3) is 0.0870. The Bertz CT molecular complexity index is 2570. The molecule has 60 heavy (non-hydrogen) atoms. The van der Waals surface area contributed by atoms with Crippen LogP contribution in [0.25, 0.3) is 36.5 Å². The molecule has 0 spiro atoms. The lowest BCUT2D eigenvalue weighted by molar-refractivity contribution is -0.0442. The van der Waals surface area contributed by atoms with E-state index >= 15 is 0 Å². The van der Waals surface area contributed by atoms with Crippen LogP contribution in [0.3, 0.4) is 0 Å². The van der Waals surface area contributed by atoms with Crippen molar-refractivity contribution in [1.29, 1.82) is 0 Å². The number of alkyl halides is 6. The third-order valence-corrected chi connectivity index (χ3v) is 12.2. The van der Waals surface area contributed by atoms with Gasteiger partial charge in [-0.25, -0.2) is 16.8 Å². The monoisotopic (exact) mass is 859 g/mol. The Kier molecular flexibility index (Phi) is 13.0. The van der Waals surface area contributed by atoms with E-state index in [9.17, 15) is 48.3 Å². The molecule has 6 aromatic rings. The van der Waals surface area contributed by atoms with Crippen molar-refractivity contribution in [1.82, 2.24) is 0 Å². The lowest BCUT2D eigenvalue weighted by atomic mass is 10.1. The molecule has 14 heteroatoms. The van der Waals surface area contributed by atoms with Crippen LogP contribution in [-0.4, -0.2) is 39.6 Å². The Morgan fingerprint density at radius 2 is 0.633 bits per heavy atom. The largest absolute Gasteiger partial charge is 0.501 e. The Labute approximate surface area is 343 Å². The summed E-state index contributed by atoms with van der Waals surface area (Å²) in [7, 11) is -10.9. The number of anilines is 3. The molecule has 0 amide bonds. The summed E-state index contributed by atoms with van der Waals surface area (Å²) in [5.74, 6) is 0. The van der Waals surface area contributed by atoms with Gasteiger partial charge in [-0.1, -0.05) is 121 Å². The molecule has 0 radical (unpaired) electrons. The zero-order valence-corrected chi connectivity index (χ0v) is 33.0. The summed E-state index contributed by atoms with van der Waals surface area (Å²) >= 11 is 0. The molecular formula is C46H35F6NO5S2. The van der Waals surface area contributed by atoms with Gasteiger partial charge in [0.05, 0.1) is 9.79 Å². The van der Waals surface area contributed by atoms with E-state index in [1.54, 1.807) is 24.3 Å². The highest BCUT2D eigenvalue weighted by Crippen LogP contribution is 2.36. The summed E-state index contributed by atoms with van der Waals surface area (Å²) in [4.78, 5) is 0.339. The molecule has 308 valence electrons. The number of benzene rings is 6. The molecule has 0 unspecified atom stereocenters. The minimum Gasteiger partial charge on any atom is -0.396 e. The van der Waals surface area contributed by atoms with E-state index in [2.05, 4.69) is 0 Å². The Morgan fingerprint density at radius 1 is 0.400 bits per heavy atom. The van der Waals surface area contributed by atoms with Gasteiger partial charge in [-0.15, -0.1) is 0 Å². The quantitative estimate of drug-likeness (QED) is 0.0919. The first-order valence-corrected chi connectivity index (χ1v) is 21.1. The van der Waals surface area contributed by atoms with E-state index in [-0.39, 0.29) is 6.61 Å². The van der Waals surface area contributed by atoms with E-state index in [0.29, 0.717) is 17.5 Å². The molecule has 6 aromatic carbocycles. The number of rotatable bonds is 13. The Balaban J connectivity index is 1.24. The third-order valence-electron chi connectivity index (χ3n) is 9.23. The fourth-order valence-corrected chi connectivity index (χ4v) is 7.46. The first-order chi connectivity index (χ1) is 28.4. The normalized spacial score (nSPS) is 12.8. The van der Waals surface area contributed by atoms with Crippen molar-refractivity contribution in [3.8, 4) is 0 Å². The van der Waals surface area contributed by atoms with Crippen LogP contribution in [0.2, 0.25) is 0 Å². The Morgan fingerprint density at radius 3 is 0.867 bits per heavy atom. The van der Waals surface area contributed by atoms with Crippen LogP contribution in [0.5, 0.6) is 0 Å². The second-order valence-corrected chi connectivity index (χ2v) is 17.2. The zero-order valence-electron chi connectivity index (χ0n) is 31.3. The molecule has 6 nitrogen and oxygen atoms in total. The fourth-order valence-electron chi connectivity index (χ4n) is 5.94. The zero-order chi connectivity index (χ0) is 43.1. The van der Waals surface area contributed by atoms with Crippen LogP contribution in [0.15, 0.2) is 155 Å².